The molecule has 1 aliphatic heterocycles. The maximum Gasteiger partial charge on any atom is 0.263 e. The first-order valence-electron chi connectivity index (χ1n) is 14.3. The van der Waals surface area contributed by atoms with Gasteiger partial charge in [-0.05, 0) is 73.9 Å². The summed E-state index contributed by atoms with van der Waals surface area (Å²) < 4.78 is 6.06. The summed E-state index contributed by atoms with van der Waals surface area (Å²) >= 11 is 0. The van der Waals surface area contributed by atoms with E-state index in [1.807, 2.05) is 67.7 Å². The summed E-state index contributed by atoms with van der Waals surface area (Å²) in [4.78, 5) is 27.4. The van der Waals surface area contributed by atoms with Crippen LogP contribution in [0, 0.1) is 11.3 Å². The minimum absolute atomic E-state index is 0.0435. The van der Waals surface area contributed by atoms with Gasteiger partial charge in [-0.15, -0.1) is 0 Å². The van der Waals surface area contributed by atoms with Crippen molar-refractivity contribution >= 4 is 11.7 Å². The van der Waals surface area contributed by atoms with Crippen LogP contribution in [0.25, 0.3) is 0 Å². The van der Waals surface area contributed by atoms with Crippen molar-refractivity contribution in [3.8, 4) is 6.07 Å². The van der Waals surface area contributed by atoms with E-state index >= 15 is 0 Å². The Hall–Kier alpha value is -3.95. The minimum atomic E-state index is -0.397. The molecule has 1 saturated heterocycles. The van der Waals surface area contributed by atoms with E-state index < -0.39 is 6.10 Å². The summed E-state index contributed by atoms with van der Waals surface area (Å²) in [7, 11) is 1.81. The molecule has 208 valence electrons. The van der Waals surface area contributed by atoms with Crippen molar-refractivity contribution in [2.45, 2.75) is 63.5 Å². The van der Waals surface area contributed by atoms with Gasteiger partial charge in [0.25, 0.3) is 5.91 Å². The first kappa shape index (κ1) is 29.0. The van der Waals surface area contributed by atoms with Crippen molar-refractivity contribution in [1.82, 2.24) is 10.2 Å². The molecule has 6 heteroatoms. The Labute approximate surface area is 238 Å². The molecule has 1 heterocycles. The average Bonchev–Trinajstić information content (AvgIpc) is 3.35. The van der Waals surface area contributed by atoms with Crippen LogP contribution >= 0.6 is 0 Å². The lowest BCUT2D eigenvalue weighted by Gasteiger charge is -2.18. The number of allylic oxidation sites excluding steroid dienone is 5. The molecular weight excluding hydrogens is 498 g/mol. The van der Waals surface area contributed by atoms with Gasteiger partial charge in [-0.3, -0.25) is 9.59 Å². The Morgan fingerprint density at radius 2 is 1.85 bits per heavy atom. The highest BCUT2D eigenvalue weighted by Crippen LogP contribution is 2.22. The number of hydrogen-bond donors (Lipinski definition) is 1. The summed E-state index contributed by atoms with van der Waals surface area (Å²) in [6.45, 7) is 1.40. The van der Waals surface area contributed by atoms with Crippen LogP contribution in [0.2, 0.25) is 0 Å². The molecular formula is C34H39N3O3. The first-order valence-corrected chi connectivity index (χ1v) is 14.3. The van der Waals surface area contributed by atoms with Gasteiger partial charge in [0.15, 0.2) is 11.9 Å². The molecule has 0 spiro atoms. The fraction of sp³-hybridized carbons (Fsp3) is 0.382. The number of ketones is 1. The number of rotatable bonds is 12. The van der Waals surface area contributed by atoms with Crippen LogP contribution in [0.1, 0.15) is 67.7 Å². The third-order valence-electron chi connectivity index (χ3n) is 7.47. The summed E-state index contributed by atoms with van der Waals surface area (Å²) in [6, 6.07) is 19.3. The maximum absolute atomic E-state index is 13.4. The topological polar surface area (TPSA) is 82.4 Å². The number of hydrogen-bond acceptors (Lipinski definition) is 5. The molecule has 0 saturated carbocycles. The summed E-state index contributed by atoms with van der Waals surface area (Å²) in [5, 5.41) is 12.5. The number of Topliss-reactive ketones (excluding diaryl/α,β-unsaturated/α-hetero) is 1. The largest absolute Gasteiger partial charge is 0.481 e. The van der Waals surface area contributed by atoms with E-state index in [9.17, 15) is 9.59 Å². The Bertz CT molecular complexity index is 1270. The van der Waals surface area contributed by atoms with Gasteiger partial charge in [0.2, 0.25) is 0 Å². The quantitative estimate of drug-likeness (QED) is 0.361. The second-order valence-corrected chi connectivity index (χ2v) is 10.5. The molecule has 2 aliphatic rings. The fourth-order valence-electron chi connectivity index (χ4n) is 5.09. The van der Waals surface area contributed by atoms with Crippen molar-refractivity contribution in [3.63, 3.8) is 0 Å². The van der Waals surface area contributed by atoms with Crippen molar-refractivity contribution < 1.29 is 14.3 Å². The first-order chi connectivity index (χ1) is 19.5. The molecule has 2 atom stereocenters. The van der Waals surface area contributed by atoms with Crippen LogP contribution in [-0.4, -0.2) is 42.8 Å². The third-order valence-corrected chi connectivity index (χ3v) is 7.47. The summed E-state index contributed by atoms with van der Waals surface area (Å²) in [6.07, 6.45) is 14.5. The highest BCUT2D eigenvalue weighted by atomic mass is 16.5. The predicted molar refractivity (Wildman–Crippen MR) is 157 cm³/mol. The van der Waals surface area contributed by atoms with E-state index in [1.54, 1.807) is 4.90 Å². The molecule has 0 unspecified atom stereocenters. The second kappa shape index (κ2) is 15.0. The maximum atomic E-state index is 13.4. The molecule has 2 aromatic carbocycles. The van der Waals surface area contributed by atoms with Crippen molar-refractivity contribution in [2.75, 3.05) is 20.1 Å². The Morgan fingerprint density at radius 3 is 2.58 bits per heavy atom. The van der Waals surface area contributed by atoms with Crippen molar-refractivity contribution in [3.05, 3.63) is 107 Å². The molecule has 0 aromatic heterocycles. The van der Waals surface area contributed by atoms with Crippen LogP contribution in [0.5, 0.6) is 0 Å². The molecule has 4 rings (SSSR count). The number of amides is 1. The summed E-state index contributed by atoms with van der Waals surface area (Å²) in [5.41, 5.74) is 3.96. The van der Waals surface area contributed by atoms with Gasteiger partial charge in [-0.1, -0.05) is 60.2 Å². The van der Waals surface area contributed by atoms with Crippen LogP contribution in [-0.2, 0) is 20.7 Å². The number of benzene rings is 2. The van der Waals surface area contributed by atoms with Gasteiger partial charge in [-0.2, -0.15) is 5.26 Å². The van der Waals surface area contributed by atoms with Gasteiger partial charge in [0.1, 0.15) is 5.76 Å². The second-order valence-electron chi connectivity index (χ2n) is 10.5. The SMILES string of the molecule is CN1CC[C@@H](OC2=C/CCC/C=C(CCCC(=O)[C@@H](NCCc3ccc(C#N)cc3)c3ccccc3)/C=C\2)C1=O. The van der Waals surface area contributed by atoms with Crippen LogP contribution in [0.4, 0.5) is 0 Å². The smallest absolute Gasteiger partial charge is 0.263 e. The van der Waals surface area contributed by atoms with E-state index in [4.69, 9.17) is 10.00 Å². The molecule has 2 aromatic rings. The zero-order valence-corrected chi connectivity index (χ0v) is 23.4. The van der Waals surface area contributed by atoms with Gasteiger partial charge in [0.05, 0.1) is 17.7 Å². The van der Waals surface area contributed by atoms with Gasteiger partial charge < -0.3 is 15.0 Å². The average molecular weight is 538 g/mol. The standard InChI is InChI=1S/C34H39N3O3/c1-37-24-22-32(34(37)39)40-30-13-7-2-4-9-26(19-20-30)10-8-14-31(38)33(29-11-5-3-6-12-29)36-23-21-27-15-17-28(25-35)18-16-27/h3,5-6,9,11-13,15-20,32-33,36H,2,4,7-8,10,14,21-24H2,1H3/b20-19-,26-9+,30-13+/t32-,33+/m1/s1. The van der Waals surface area contributed by atoms with E-state index in [2.05, 4.69) is 29.6 Å². The van der Waals surface area contributed by atoms with Gasteiger partial charge in [0, 0.05) is 33.0 Å². The highest BCUT2D eigenvalue weighted by Gasteiger charge is 2.31. The number of ether oxygens (including phenoxy) is 1. The molecule has 6 nitrogen and oxygen atoms in total. The zero-order chi connectivity index (χ0) is 28.2. The van der Waals surface area contributed by atoms with Gasteiger partial charge >= 0.3 is 0 Å². The zero-order valence-electron chi connectivity index (χ0n) is 23.4. The van der Waals surface area contributed by atoms with Gasteiger partial charge in [-0.25, -0.2) is 0 Å². The lowest BCUT2D eigenvalue weighted by atomic mass is 9.97. The minimum Gasteiger partial charge on any atom is -0.481 e. The molecule has 1 aliphatic carbocycles. The van der Waals surface area contributed by atoms with E-state index in [1.165, 1.54) is 5.57 Å². The number of nitrogens with zero attached hydrogens (tertiary/aromatic N) is 2. The van der Waals surface area contributed by atoms with E-state index in [0.717, 1.165) is 68.4 Å². The summed E-state index contributed by atoms with van der Waals surface area (Å²) in [5.74, 6) is 0.988. The lowest BCUT2D eigenvalue weighted by molar-refractivity contribution is -0.134. The lowest BCUT2D eigenvalue weighted by Crippen LogP contribution is -2.30. The molecule has 1 fully saturated rings. The Balaban J connectivity index is 1.31. The third kappa shape index (κ3) is 8.53. The van der Waals surface area contributed by atoms with E-state index in [0.29, 0.717) is 18.5 Å². The number of carbonyl (C=O) groups is 2. The Kier molecular flexibility index (Phi) is 10.9. The number of likely N-dealkylation sites (N-methyl/N-ethyl adjacent to an activating group) is 1. The van der Waals surface area contributed by atoms with Crippen LogP contribution < -0.4 is 5.32 Å². The number of nitrogens with one attached hydrogen (secondary N) is 1. The van der Waals surface area contributed by atoms with Crippen LogP contribution in [0.3, 0.4) is 0 Å². The molecule has 0 radical (unpaired) electrons. The van der Waals surface area contributed by atoms with E-state index in [-0.39, 0.29) is 17.7 Å². The molecule has 0 bridgehead atoms. The number of likely N-dealkylation sites (tertiary alicyclic amines) is 1. The molecule has 1 amide bonds. The predicted octanol–water partition coefficient (Wildman–Crippen LogP) is 5.97. The molecule has 1 N–H and O–H groups in total. The van der Waals surface area contributed by atoms with Crippen molar-refractivity contribution in [2.24, 2.45) is 0 Å². The fourth-order valence-corrected chi connectivity index (χ4v) is 5.09. The van der Waals surface area contributed by atoms with Crippen LogP contribution in [0.15, 0.2) is 90.2 Å². The number of carbonyl (C=O) groups excluding carboxylic acids is 2. The normalized spacial score (nSPS) is 21.6. The Morgan fingerprint density at radius 1 is 1.07 bits per heavy atom. The van der Waals surface area contributed by atoms with Crippen molar-refractivity contribution in [1.29, 1.82) is 5.26 Å². The molecule has 40 heavy (non-hydrogen) atoms. The monoisotopic (exact) mass is 537 g/mol. The number of nitriles is 1. The highest BCUT2D eigenvalue weighted by molar-refractivity contribution is 5.85.